The third kappa shape index (κ3) is 3.86. The monoisotopic (exact) mass is 431 g/mol. The first-order valence-electron chi connectivity index (χ1n) is 10.1. The Hall–Kier alpha value is -3.39. The van der Waals surface area contributed by atoms with Crippen LogP contribution < -0.4 is 10.2 Å². The molecule has 1 N–H and O–H groups in total. The topological polar surface area (TPSA) is 80.1 Å². The molecule has 8 heteroatoms. The van der Waals surface area contributed by atoms with Crippen molar-refractivity contribution in [3.05, 3.63) is 77.4 Å². The predicted molar refractivity (Wildman–Crippen MR) is 120 cm³/mol. The van der Waals surface area contributed by atoms with Gasteiger partial charge in [0.15, 0.2) is 0 Å². The quantitative estimate of drug-likeness (QED) is 0.687. The summed E-state index contributed by atoms with van der Waals surface area (Å²) in [6.45, 7) is 0.524. The second-order valence-corrected chi connectivity index (χ2v) is 8.67. The number of nitrogens with zero attached hydrogens (tertiary/aromatic N) is 4. The zero-order valence-electron chi connectivity index (χ0n) is 17.0. The molecule has 2 aliphatic rings. The van der Waals surface area contributed by atoms with Crippen molar-refractivity contribution in [3.63, 3.8) is 0 Å². The summed E-state index contributed by atoms with van der Waals surface area (Å²) in [6, 6.07) is 13.4. The van der Waals surface area contributed by atoms with Gasteiger partial charge in [-0.05, 0) is 35.2 Å². The van der Waals surface area contributed by atoms with Crippen LogP contribution in [0.4, 0.5) is 5.69 Å². The molecule has 0 saturated heterocycles. The number of hydrogen-bond donors (Lipinski definition) is 1. The van der Waals surface area contributed by atoms with Gasteiger partial charge in [-0.1, -0.05) is 42.5 Å². The smallest absolute Gasteiger partial charge is 0.291 e. The molecule has 0 unspecified atom stereocenters. The van der Waals surface area contributed by atoms with Gasteiger partial charge in [0.05, 0.1) is 12.2 Å². The van der Waals surface area contributed by atoms with Crippen molar-refractivity contribution in [1.29, 1.82) is 0 Å². The highest BCUT2D eigenvalue weighted by molar-refractivity contribution is 7.99. The van der Waals surface area contributed by atoms with Crippen molar-refractivity contribution in [2.24, 2.45) is 0 Å². The number of anilines is 1. The fraction of sp³-hybridized carbons (Fsp3) is 0.217. The van der Waals surface area contributed by atoms with E-state index in [1.807, 2.05) is 30.3 Å². The summed E-state index contributed by atoms with van der Waals surface area (Å²) < 4.78 is 1.62. The number of amides is 2. The van der Waals surface area contributed by atoms with E-state index in [4.69, 9.17) is 0 Å². The number of rotatable bonds is 4. The number of aromatic nitrogens is 3. The first-order valence-corrected chi connectivity index (χ1v) is 11.0. The molecule has 0 fully saturated rings. The molecule has 2 amide bonds. The van der Waals surface area contributed by atoms with Crippen LogP contribution in [-0.2, 0) is 17.8 Å². The molecule has 31 heavy (non-hydrogen) atoms. The highest BCUT2D eigenvalue weighted by Crippen LogP contribution is 2.38. The van der Waals surface area contributed by atoms with Gasteiger partial charge >= 0.3 is 0 Å². The Bertz CT molecular complexity index is 1190. The average molecular weight is 432 g/mol. The molecule has 1 atom stereocenters. The fourth-order valence-electron chi connectivity index (χ4n) is 3.82. The molecule has 1 aliphatic heterocycles. The molecule has 1 aliphatic carbocycles. The standard InChI is InChI=1S/C23H21N5O2S/c1-27-19-10-16-8-5-9-17(16)11-20(19)31-13-18(23(27)30)25-22(29)21-24-14-28(26-21)12-15-6-3-2-4-7-15/h2-8,10-11,14,18H,9,12-13H2,1H3,(H,25,29)/t18-/m0/s1. The van der Waals surface area contributed by atoms with E-state index < -0.39 is 11.9 Å². The Kier molecular flexibility index (Phi) is 5.07. The number of likely N-dealkylation sites (N-methyl/N-ethyl adjacent to an activating group) is 1. The Morgan fingerprint density at radius 1 is 1.26 bits per heavy atom. The largest absolute Gasteiger partial charge is 0.337 e. The van der Waals surface area contributed by atoms with Crippen LogP contribution in [0.15, 0.2) is 59.8 Å². The molecular formula is C23H21N5O2S. The fourth-order valence-corrected chi connectivity index (χ4v) is 4.96. The molecular weight excluding hydrogens is 410 g/mol. The zero-order valence-corrected chi connectivity index (χ0v) is 17.8. The van der Waals surface area contributed by atoms with Gasteiger partial charge in [-0.2, -0.15) is 0 Å². The Morgan fingerprint density at radius 2 is 2.10 bits per heavy atom. The van der Waals surface area contributed by atoms with Crippen molar-refractivity contribution in [3.8, 4) is 0 Å². The van der Waals surface area contributed by atoms with Crippen LogP contribution in [0.1, 0.15) is 27.3 Å². The van der Waals surface area contributed by atoms with Gasteiger partial charge in [-0.3, -0.25) is 9.59 Å². The van der Waals surface area contributed by atoms with Crippen LogP contribution in [-0.4, -0.2) is 45.4 Å². The van der Waals surface area contributed by atoms with Crippen molar-refractivity contribution in [2.75, 3.05) is 17.7 Å². The van der Waals surface area contributed by atoms with Crippen LogP contribution >= 0.6 is 11.8 Å². The molecule has 0 radical (unpaired) electrons. The lowest BCUT2D eigenvalue weighted by atomic mass is 10.1. The molecule has 2 heterocycles. The zero-order chi connectivity index (χ0) is 21.4. The highest BCUT2D eigenvalue weighted by Gasteiger charge is 2.31. The van der Waals surface area contributed by atoms with Crippen molar-refractivity contribution in [2.45, 2.75) is 23.9 Å². The third-order valence-corrected chi connectivity index (χ3v) is 6.62. The van der Waals surface area contributed by atoms with Crippen molar-refractivity contribution in [1.82, 2.24) is 20.1 Å². The first kappa shape index (κ1) is 19.6. The SMILES string of the molecule is CN1C(=O)[C@@H](NC(=O)c2ncn(Cc3ccccc3)n2)CSc2cc3c(cc21)C=CC3. The van der Waals surface area contributed by atoms with Crippen LogP contribution in [0.5, 0.6) is 0 Å². The van der Waals surface area contributed by atoms with Crippen LogP contribution in [0.2, 0.25) is 0 Å². The molecule has 156 valence electrons. The molecule has 1 aromatic heterocycles. The lowest BCUT2D eigenvalue weighted by Crippen LogP contribution is -2.48. The summed E-state index contributed by atoms with van der Waals surface area (Å²) in [5, 5.41) is 7.10. The predicted octanol–water partition coefficient (Wildman–Crippen LogP) is 2.76. The van der Waals surface area contributed by atoms with Gasteiger partial charge in [0.1, 0.15) is 12.4 Å². The van der Waals surface area contributed by atoms with Crippen LogP contribution in [0.3, 0.4) is 0 Å². The Labute approximate surface area is 184 Å². The second kappa shape index (κ2) is 8.03. The number of carbonyl (C=O) groups is 2. The summed E-state index contributed by atoms with van der Waals surface area (Å²) in [6.07, 6.45) is 6.66. The number of fused-ring (bicyclic) bond motifs is 2. The summed E-state index contributed by atoms with van der Waals surface area (Å²) in [5.74, 6) is -0.0816. The molecule has 7 nitrogen and oxygen atoms in total. The van der Waals surface area contributed by atoms with E-state index >= 15 is 0 Å². The number of thioether (sulfide) groups is 1. The number of benzene rings is 2. The first-order chi connectivity index (χ1) is 15.1. The molecule has 0 bridgehead atoms. The third-order valence-electron chi connectivity index (χ3n) is 5.48. The summed E-state index contributed by atoms with van der Waals surface area (Å²) in [4.78, 5) is 32.6. The van der Waals surface area contributed by atoms with Gasteiger partial charge < -0.3 is 10.2 Å². The van der Waals surface area contributed by atoms with E-state index in [2.05, 4.69) is 39.7 Å². The summed E-state index contributed by atoms with van der Waals surface area (Å²) >= 11 is 1.58. The van der Waals surface area contributed by atoms with E-state index in [-0.39, 0.29) is 11.7 Å². The van der Waals surface area contributed by atoms with Gasteiger partial charge in [0, 0.05) is 17.7 Å². The minimum atomic E-state index is -0.652. The number of nitrogens with one attached hydrogen (secondary N) is 1. The van der Waals surface area contributed by atoms with Crippen molar-refractivity contribution < 1.29 is 9.59 Å². The van der Waals surface area contributed by atoms with Gasteiger partial charge in [-0.15, -0.1) is 16.9 Å². The van der Waals surface area contributed by atoms with E-state index in [9.17, 15) is 9.59 Å². The molecule has 5 rings (SSSR count). The van der Waals surface area contributed by atoms with Gasteiger partial charge in [-0.25, -0.2) is 9.67 Å². The van der Waals surface area contributed by atoms with E-state index in [0.717, 1.165) is 28.1 Å². The normalized spacial score (nSPS) is 17.3. The van der Waals surface area contributed by atoms with Gasteiger partial charge in [0.25, 0.3) is 5.91 Å². The van der Waals surface area contributed by atoms with Crippen molar-refractivity contribution >= 4 is 35.3 Å². The number of allylic oxidation sites excluding steroid dienone is 1. The maximum Gasteiger partial charge on any atom is 0.291 e. The van der Waals surface area contributed by atoms with Crippen LogP contribution in [0, 0.1) is 0 Å². The Morgan fingerprint density at radius 3 is 2.94 bits per heavy atom. The van der Waals surface area contributed by atoms with E-state index in [0.29, 0.717) is 12.3 Å². The van der Waals surface area contributed by atoms with E-state index in [1.54, 1.807) is 28.4 Å². The maximum atomic E-state index is 13.1. The molecule has 0 saturated carbocycles. The summed E-state index contributed by atoms with van der Waals surface area (Å²) in [7, 11) is 1.75. The molecule has 2 aromatic carbocycles. The second-order valence-electron chi connectivity index (χ2n) is 7.61. The van der Waals surface area contributed by atoms with E-state index in [1.165, 1.54) is 11.9 Å². The number of carbonyl (C=O) groups excluding carboxylic acids is 2. The number of hydrogen-bond acceptors (Lipinski definition) is 5. The highest BCUT2D eigenvalue weighted by atomic mass is 32.2. The van der Waals surface area contributed by atoms with Gasteiger partial charge in [0.2, 0.25) is 11.7 Å². The van der Waals surface area contributed by atoms with Crippen LogP contribution in [0.25, 0.3) is 6.08 Å². The molecule has 0 spiro atoms. The Balaban J connectivity index is 1.30. The average Bonchev–Trinajstić information content (AvgIpc) is 3.42. The lowest BCUT2D eigenvalue weighted by Gasteiger charge is -2.21. The summed E-state index contributed by atoms with van der Waals surface area (Å²) in [5.41, 5.74) is 4.36. The minimum Gasteiger partial charge on any atom is -0.337 e. The maximum absolute atomic E-state index is 13.1. The molecule has 3 aromatic rings. The minimum absolute atomic E-state index is 0.0576. The lowest BCUT2D eigenvalue weighted by molar-refractivity contribution is -0.119.